The lowest BCUT2D eigenvalue weighted by molar-refractivity contribution is -0.142. The number of carbonyl (C=O) groups is 3. The molecule has 11 nitrogen and oxygen atoms in total. The van der Waals surface area contributed by atoms with Crippen molar-refractivity contribution in [1.29, 1.82) is 0 Å². The van der Waals surface area contributed by atoms with Crippen LogP contribution in [0, 0.1) is 11.3 Å². The Hall–Kier alpha value is -3.38. The van der Waals surface area contributed by atoms with Gasteiger partial charge in [0.15, 0.2) is 0 Å². The van der Waals surface area contributed by atoms with Gasteiger partial charge < -0.3 is 35.1 Å². The number of carboxylic acid groups (broad SMARTS) is 1. The van der Waals surface area contributed by atoms with Crippen LogP contribution in [0.2, 0.25) is 0 Å². The topological polar surface area (TPSA) is 150 Å². The number of likely N-dealkylation sites (tertiary alicyclic amines) is 1. The average Bonchev–Trinajstić information content (AvgIpc) is 3.28. The lowest BCUT2D eigenvalue weighted by Crippen LogP contribution is -2.60. The van der Waals surface area contributed by atoms with Crippen LogP contribution >= 0.6 is 0 Å². The van der Waals surface area contributed by atoms with Gasteiger partial charge in [-0.15, -0.1) is 0 Å². The molecule has 38 heavy (non-hydrogen) atoms. The van der Waals surface area contributed by atoms with E-state index >= 15 is 0 Å². The molecule has 5 atom stereocenters. The molecular weight excluding hydrogens is 491 g/mol. The molecule has 2 aromatic rings. The summed E-state index contributed by atoms with van der Waals surface area (Å²) < 4.78 is 11.6. The Balaban J connectivity index is 1.61. The van der Waals surface area contributed by atoms with Crippen molar-refractivity contribution in [3.8, 4) is 5.88 Å². The Morgan fingerprint density at radius 1 is 1.24 bits per heavy atom. The molecule has 0 unspecified atom stereocenters. The molecule has 2 aliphatic heterocycles. The van der Waals surface area contributed by atoms with Gasteiger partial charge in [0, 0.05) is 24.6 Å². The van der Waals surface area contributed by atoms with E-state index in [1.54, 1.807) is 27.0 Å². The minimum Gasteiger partial charge on any atom is -0.472 e. The van der Waals surface area contributed by atoms with Crippen molar-refractivity contribution >= 4 is 35.8 Å². The van der Waals surface area contributed by atoms with Crippen molar-refractivity contribution in [2.24, 2.45) is 11.3 Å². The zero-order chi connectivity index (χ0) is 27.6. The number of hydrogen-bond donors (Lipinski definition) is 4. The van der Waals surface area contributed by atoms with E-state index in [2.05, 4.69) is 15.6 Å². The molecule has 0 aliphatic carbocycles. The van der Waals surface area contributed by atoms with E-state index in [1.165, 1.54) is 4.90 Å². The molecule has 1 aromatic carbocycles. The maximum absolute atomic E-state index is 13.7. The maximum atomic E-state index is 13.7. The summed E-state index contributed by atoms with van der Waals surface area (Å²) in [6.07, 6.45) is 0.580. The van der Waals surface area contributed by atoms with Crippen LogP contribution in [0.15, 0.2) is 36.5 Å². The fourth-order valence-corrected chi connectivity index (χ4v) is 5.07. The van der Waals surface area contributed by atoms with Gasteiger partial charge in [-0.1, -0.05) is 45.9 Å². The molecule has 0 radical (unpaired) electrons. The molecule has 0 spiro atoms. The Bertz CT molecular complexity index is 1170. The summed E-state index contributed by atoms with van der Waals surface area (Å²) in [7, 11) is -1.16. The molecular formula is C26H35BN4O7. The van der Waals surface area contributed by atoms with E-state index < -0.39 is 54.6 Å². The van der Waals surface area contributed by atoms with Crippen molar-refractivity contribution < 1.29 is 33.9 Å². The second-order valence-corrected chi connectivity index (χ2v) is 11.1. The van der Waals surface area contributed by atoms with Gasteiger partial charge in [-0.05, 0) is 35.3 Å². The van der Waals surface area contributed by atoms with Crippen LogP contribution in [0.3, 0.4) is 0 Å². The number of aromatic nitrogens is 1. The zero-order valence-electron chi connectivity index (χ0n) is 22.1. The van der Waals surface area contributed by atoms with Gasteiger partial charge in [0.05, 0.1) is 12.5 Å². The third kappa shape index (κ3) is 6.02. The highest BCUT2D eigenvalue weighted by atomic mass is 16.5. The SMILES string of the molecule is C[C@@H]1CCOB(O)[C@H]1NC(=O)[C@@H]1C[C@@H](Oc2nccc3ccccc23)CN1C(=O)[C@@H](NC(=O)O)C(C)(C)C. The molecule has 0 saturated carbocycles. The Morgan fingerprint density at radius 3 is 2.66 bits per heavy atom. The molecule has 204 valence electrons. The second kappa shape index (κ2) is 11.2. The summed E-state index contributed by atoms with van der Waals surface area (Å²) in [5.74, 6) is -1.26. The summed E-state index contributed by atoms with van der Waals surface area (Å²) in [4.78, 5) is 44.6. The van der Waals surface area contributed by atoms with Gasteiger partial charge >= 0.3 is 13.2 Å². The van der Waals surface area contributed by atoms with Crippen LogP contribution in [-0.2, 0) is 14.2 Å². The van der Waals surface area contributed by atoms with Crippen molar-refractivity contribution in [1.82, 2.24) is 20.5 Å². The molecule has 1 aromatic heterocycles. The minimum atomic E-state index is -1.33. The van der Waals surface area contributed by atoms with Gasteiger partial charge in [0.1, 0.15) is 18.2 Å². The number of benzene rings is 1. The van der Waals surface area contributed by atoms with Crippen molar-refractivity contribution in [3.63, 3.8) is 0 Å². The van der Waals surface area contributed by atoms with Crippen molar-refractivity contribution in [2.75, 3.05) is 13.2 Å². The number of pyridine rings is 1. The largest absolute Gasteiger partial charge is 0.478 e. The summed E-state index contributed by atoms with van der Waals surface area (Å²) in [6.45, 7) is 7.63. The molecule has 3 heterocycles. The average molecular weight is 526 g/mol. The molecule has 4 rings (SSSR count). The zero-order valence-corrected chi connectivity index (χ0v) is 22.1. The number of rotatable bonds is 6. The van der Waals surface area contributed by atoms with Gasteiger partial charge in [-0.3, -0.25) is 9.59 Å². The van der Waals surface area contributed by atoms with Crippen LogP contribution in [0.4, 0.5) is 4.79 Å². The number of ether oxygens (including phenoxy) is 1. The lowest BCUT2D eigenvalue weighted by Gasteiger charge is -2.36. The van der Waals surface area contributed by atoms with E-state index in [0.29, 0.717) is 18.9 Å². The molecule has 4 N–H and O–H groups in total. The number of amides is 3. The Kier molecular flexibility index (Phi) is 8.12. The molecule has 3 amide bonds. The van der Waals surface area contributed by atoms with E-state index in [-0.39, 0.29) is 18.9 Å². The summed E-state index contributed by atoms with van der Waals surface area (Å²) >= 11 is 0. The Morgan fingerprint density at radius 2 is 1.97 bits per heavy atom. The van der Waals surface area contributed by atoms with Crippen LogP contribution in [0.5, 0.6) is 5.88 Å². The predicted molar refractivity (Wildman–Crippen MR) is 140 cm³/mol. The third-order valence-electron chi connectivity index (χ3n) is 7.24. The first-order valence-corrected chi connectivity index (χ1v) is 12.9. The minimum absolute atomic E-state index is 0.0313. The van der Waals surface area contributed by atoms with Crippen LogP contribution in [0.25, 0.3) is 10.8 Å². The highest BCUT2D eigenvalue weighted by molar-refractivity contribution is 6.45. The van der Waals surface area contributed by atoms with Crippen molar-refractivity contribution in [2.45, 2.75) is 64.7 Å². The predicted octanol–water partition coefficient (Wildman–Crippen LogP) is 1.83. The number of fused-ring (bicyclic) bond motifs is 1. The van der Waals surface area contributed by atoms with Crippen LogP contribution in [-0.4, -0.2) is 82.3 Å². The van der Waals surface area contributed by atoms with Gasteiger partial charge in [-0.2, -0.15) is 0 Å². The first-order chi connectivity index (χ1) is 18.0. The van der Waals surface area contributed by atoms with Gasteiger partial charge in [-0.25, -0.2) is 9.78 Å². The number of nitrogens with one attached hydrogen (secondary N) is 2. The normalized spacial score (nSPS) is 24.7. The fourth-order valence-electron chi connectivity index (χ4n) is 5.07. The fraction of sp³-hybridized carbons (Fsp3) is 0.538. The summed E-state index contributed by atoms with van der Waals surface area (Å²) in [5.41, 5.74) is -0.755. The lowest BCUT2D eigenvalue weighted by atomic mass is 9.68. The highest BCUT2D eigenvalue weighted by Crippen LogP contribution is 2.30. The number of nitrogens with zero attached hydrogens (tertiary/aromatic N) is 2. The third-order valence-corrected chi connectivity index (χ3v) is 7.24. The van der Waals surface area contributed by atoms with Gasteiger partial charge in [0.25, 0.3) is 0 Å². The first-order valence-electron chi connectivity index (χ1n) is 12.9. The summed E-state index contributed by atoms with van der Waals surface area (Å²) in [5, 5.41) is 26.6. The standard InChI is InChI=1S/C26H35BN4O7/c1-15-10-12-37-27(36)21(15)30-22(32)19-13-17(38-23-18-8-6-5-7-16(18)9-11-28-23)14-31(19)24(33)20(26(2,3)4)29-25(34)35/h5-9,11,15,17,19-21,29,36H,10,12-14H2,1-4H3,(H,30,32)(H,34,35)/t15-,17-,19+,20-,21+/m1/s1. The Labute approximate surface area is 222 Å². The second-order valence-electron chi connectivity index (χ2n) is 11.1. The van der Waals surface area contributed by atoms with E-state index in [9.17, 15) is 24.5 Å². The van der Waals surface area contributed by atoms with E-state index in [0.717, 1.165) is 10.8 Å². The quantitative estimate of drug-likeness (QED) is 0.417. The number of carbonyl (C=O) groups excluding carboxylic acids is 2. The molecule has 12 heteroatoms. The van der Waals surface area contributed by atoms with Crippen LogP contribution in [0.1, 0.15) is 40.5 Å². The smallest absolute Gasteiger partial charge is 0.472 e. The number of hydrogen-bond acceptors (Lipinski definition) is 7. The van der Waals surface area contributed by atoms with Crippen LogP contribution < -0.4 is 15.4 Å². The van der Waals surface area contributed by atoms with Crippen molar-refractivity contribution in [3.05, 3.63) is 36.5 Å². The molecule has 2 fully saturated rings. The molecule has 2 saturated heterocycles. The molecule has 0 bridgehead atoms. The van der Waals surface area contributed by atoms with E-state index in [4.69, 9.17) is 9.39 Å². The monoisotopic (exact) mass is 526 g/mol. The van der Waals surface area contributed by atoms with Gasteiger partial charge in [0.2, 0.25) is 17.7 Å². The van der Waals surface area contributed by atoms with E-state index in [1.807, 2.05) is 37.3 Å². The highest BCUT2D eigenvalue weighted by Gasteiger charge is 2.47. The maximum Gasteiger partial charge on any atom is 0.478 e. The first kappa shape index (κ1) is 27.7. The summed E-state index contributed by atoms with van der Waals surface area (Å²) in [6, 6.07) is 7.45. The molecule has 2 aliphatic rings.